The fourth-order valence-corrected chi connectivity index (χ4v) is 2.61. The van der Waals surface area contributed by atoms with E-state index in [0.29, 0.717) is 0 Å². The van der Waals surface area contributed by atoms with Crippen molar-refractivity contribution in [2.75, 3.05) is 6.54 Å². The van der Waals surface area contributed by atoms with Crippen LogP contribution in [0.4, 0.5) is 0 Å². The number of carbonyl (C=O) groups is 1. The number of hydrogen-bond donors (Lipinski definition) is 1. The summed E-state index contributed by atoms with van der Waals surface area (Å²) in [4.78, 5) is 11.7. The smallest absolute Gasteiger partial charge is 0.223 e. The standard InChI is InChI=1S/C16H21N3O/c1-12-6-7-14-11-18-19(15(14)10-12)9-3-8-17-16(20)13-4-2-5-13/h6-7,10-11,13H,2-5,8-9H2,1H3,(H,17,20). The van der Waals surface area contributed by atoms with Gasteiger partial charge in [-0.15, -0.1) is 0 Å². The van der Waals surface area contributed by atoms with Crippen molar-refractivity contribution in [1.29, 1.82) is 0 Å². The molecule has 1 aliphatic carbocycles. The van der Waals surface area contributed by atoms with Crippen LogP contribution in [0.1, 0.15) is 31.2 Å². The fraction of sp³-hybridized carbons (Fsp3) is 0.500. The Hall–Kier alpha value is -1.84. The van der Waals surface area contributed by atoms with Crippen LogP contribution in [-0.4, -0.2) is 22.2 Å². The van der Waals surface area contributed by atoms with Crippen LogP contribution in [-0.2, 0) is 11.3 Å². The van der Waals surface area contributed by atoms with E-state index in [-0.39, 0.29) is 11.8 Å². The van der Waals surface area contributed by atoms with Gasteiger partial charge in [-0.2, -0.15) is 5.10 Å². The molecule has 106 valence electrons. The zero-order chi connectivity index (χ0) is 13.9. The molecular weight excluding hydrogens is 250 g/mol. The number of aryl methyl sites for hydroxylation is 2. The summed E-state index contributed by atoms with van der Waals surface area (Å²) < 4.78 is 2.03. The quantitative estimate of drug-likeness (QED) is 0.850. The van der Waals surface area contributed by atoms with Crippen molar-refractivity contribution in [3.8, 4) is 0 Å². The molecule has 0 atom stereocenters. The first-order chi connectivity index (χ1) is 9.74. The Morgan fingerprint density at radius 1 is 1.45 bits per heavy atom. The van der Waals surface area contributed by atoms with Crippen LogP contribution in [0.15, 0.2) is 24.4 Å². The van der Waals surface area contributed by atoms with E-state index in [2.05, 4.69) is 35.5 Å². The molecule has 1 aromatic heterocycles. The van der Waals surface area contributed by atoms with Crippen molar-refractivity contribution in [2.45, 2.75) is 39.2 Å². The van der Waals surface area contributed by atoms with Crippen LogP contribution >= 0.6 is 0 Å². The molecule has 1 amide bonds. The van der Waals surface area contributed by atoms with Crippen molar-refractivity contribution in [3.63, 3.8) is 0 Å². The zero-order valence-electron chi connectivity index (χ0n) is 11.9. The lowest BCUT2D eigenvalue weighted by Crippen LogP contribution is -2.35. The van der Waals surface area contributed by atoms with Gasteiger partial charge >= 0.3 is 0 Å². The van der Waals surface area contributed by atoms with Crippen LogP contribution in [0.5, 0.6) is 0 Å². The number of nitrogens with one attached hydrogen (secondary N) is 1. The van der Waals surface area contributed by atoms with E-state index in [1.807, 2.05) is 10.9 Å². The van der Waals surface area contributed by atoms with Gasteiger partial charge in [0.05, 0.1) is 11.7 Å². The lowest BCUT2D eigenvalue weighted by Gasteiger charge is -2.23. The van der Waals surface area contributed by atoms with Gasteiger partial charge in [0.2, 0.25) is 5.91 Å². The van der Waals surface area contributed by atoms with Gasteiger partial charge in [0.1, 0.15) is 0 Å². The number of hydrogen-bond acceptors (Lipinski definition) is 2. The predicted molar refractivity (Wildman–Crippen MR) is 79.4 cm³/mol. The van der Waals surface area contributed by atoms with Gasteiger partial charge in [-0.25, -0.2) is 0 Å². The molecule has 1 aromatic carbocycles. The van der Waals surface area contributed by atoms with E-state index in [1.165, 1.54) is 22.9 Å². The van der Waals surface area contributed by atoms with Crippen molar-refractivity contribution in [2.24, 2.45) is 5.92 Å². The summed E-state index contributed by atoms with van der Waals surface area (Å²) in [5.74, 6) is 0.514. The van der Waals surface area contributed by atoms with Gasteiger partial charge in [-0.05, 0) is 37.8 Å². The van der Waals surface area contributed by atoms with Gasteiger partial charge in [0, 0.05) is 24.4 Å². The molecule has 2 aromatic rings. The van der Waals surface area contributed by atoms with E-state index in [1.54, 1.807) is 0 Å². The Balaban J connectivity index is 1.52. The van der Waals surface area contributed by atoms with Crippen LogP contribution in [0.25, 0.3) is 10.9 Å². The monoisotopic (exact) mass is 271 g/mol. The number of amides is 1. The van der Waals surface area contributed by atoms with Gasteiger partial charge in [-0.3, -0.25) is 9.48 Å². The summed E-state index contributed by atoms with van der Waals surface area (Å²) in [6.45, 7) is 3.68. The lowest BCUT2D eigenvalue weighted by molar-refractivity contribution is -0.127. The van der Waals surface area contributed by atoms with Crippen LogP contribution in [0.3, 0.4) is 0 Å². The highest BCUT2D eigenvalue weighted by atomic mass is 16.1. The normalized spacial score (nSPS) is 15.2. The first-order valence-corrected chi connectivity index (χ1v) is 7.44. The highest BCUT2D eigenvalue weighted by Crippen LogP contribution is 2.26. The number of rotatable bonds is 5. The summed E-state index contributed by atoms with van der Waals surface area (Å²) in [6.07, 6.45) is 6.16. The molecule has 0 spiro atoms. The maximum absolute atomic E-state index is 11.7. The third kappa shape index (κ3) is 2.69. The second kappa shape index (κ2) is 5.65. The number of carbonyl (C=O) groups excluding carboxylic acids is 1. The summed E-state index contributed by atoms with van der Waals surface area (Å²) in [7, 11) is 0. The third-order valence-electron chi connectivity index (χ3n) is 4.12. The maximum Gasteiger partial charge on any atom is 0.223 e. The fourth-order valence-electron chi connectivity index (χ4n) is 2.61. The molecule has 0 unspecified atom stereocenters. The topological polar surface area (TPSA) is 46.9 Å². The molecule has 1 fully saturated rings. The van der Waals surface area contributed by atoms with Gasteiger partial charge < -0.3 is 5.32 Å². The van der Waals surface area contributed by atoms with Crippen molar-refractivity contribution in [1.82, 2.24) is 15.1 Å². The Morgan fingerprint density at radius 2 is 2.30 bits per heavy atom. The van der Waals surface area contributed by atoms with Gasteiger partial charge in [-0.1, -0.05) is 18.6 Å². The van der Waals surface area contributed by atoms with E-state index in [9.17, 15) is 4.79 Å². The molecule has 4 nitrogen and oxygen atoms in total. The highest BCUT2D eigenvalue weighted by molar-refractivity contribution is 5.79. The highest BCUT2D eigenvalue weighted by Gasteiger charge is 2.24. The molecule has 3 rings (SSSR count). The largest absolute Gasteiger partial charge is 0.356 e. The van der Waals surface area contributed by atoms with E-state index >= 15 is 0 Å². The van der Waals surface area contributed by atoms with Crippen molar-refractivity contribution < 1.29 is 4.79 Å². The molecule has 4 heteroatoms. The summed E-state index contributed by atoms with van der Waals surface area (Å²) in [6, 6.07) is 6.37. The molecule has 1 N–H and O–H groups in total. The summed E-state index contributed by atoms with van der Waals surface area (Å²) >= 11 is 0. The summed E-state index contributed by atoms with van der Waals surface area (Å²) in [5.41, 5.74) is 2.42. The number of fused-ring (bicyclic) bond motifs is 1. The van der Waals surface area contributed by atoms with Gasteiger partial charge in [0.25, 0.3) is 0 Å². The molecule has 1 heterocycles. The Morgan fingerprint density at radius 3 is 3.05 bits per heavy atom. The average Bonchev–Trinajstić information content (AvgIpc) is 2.75. The molecule has 0 aliphatic heterocycles. The Labute approximate surface area is 119 Å². The number of aromatic nitrogens is 2. The second-order valence-electron chi connectivity index (χ2n) is 5.70. The minimum atomic E-state index is 0.234. The molecular formula is C16H21N3O. The molecule has 0 saturated heterocycles. The van der Waals surface area contributed by atoms with Crippen molar-refractivity contribution >= 4 is 16.8 Å². The lowest BCUT2D eigenvalue weighted by atomic mass is 9.85. The minimum Gasteiger partial charge on any atom is -0.356 e. The third-order valence-corrected chi connectivity index (χ3v) is 4.12. The van der Waals surface area contributed by atoms with E-state index in [4.69, 9.17) is 0 Å². The zero-order valence-corrected chi connectivity index (χ0v) is 11.9. The van der Waals surface area contributed by atoms with Crippen molar-refractivity contribution in [3.05, 3.63) is 30.0 Å². The van der Waals surface area contributed by atoms with Gasteiger partial charge in [0.15, 0.2) is 0 Å². The Bertz CT molecular complexity index is 613. The van der Waals surface area contributed by atoms with Crippen LogP contribution in [0.2, 0.25) is 0 Å². The predicted octanol–water partition coefficient (Wildman–Crippen LogP) is 2.65. The second-order valence-corrected chi connectivity index (χ2v) is 5.70. The number of benzene rings is 1. The average molecular weight is 271 g/mol. The molecule has 0 radical (unpaired) electrons. The molecule has 1 aliphatic rings. The SMILES string of the molecule is Cc1ccc2cnn(CCCNC(=O)C3CCC3)c2c1. The Kier molecular flexibility index (Phi) is 3.72. The van der Waals surface area contributed by atoms with E-state index in [0.717, 1.165) is 32.4 Å². The van der Waals surface area contributed by atoms with Crippen LogP contribution in [0, 0.1) is 12.8 Å². The summed E-state index contributed by atoms with van der Waals surface area (Å²) in [5, 5.41) is 8.62. The molecule has 20 heavy (non-hydrogen) atoms. The number of nitrogens with zero attached hydrogens (tertiary/aromatic N) is 2. The van der Waals surface area contributed by atoms with Crippen LogP contribution < -0.4 is 5.32 Å². The molecule has 1 saturated carbocycles. The van der Waals surface area contributed by atoms with E-state index < -0.39 is 0 Å². The first-order valence-electron chi connectivity index (χ1n) is 7.44. The maximum atomic E-state index is 11.7. The minimum absolute atomic E-state index is 0.234. The first kappa shape index (κ1) is 13.2. The molecule has 0 bridgehead atoms.